The molecule has 1 aliphatic heterocycles. The van der Waals surface area contributed by atoms with Crippen LogP contribution in [0.1, 0.15) is 18.4 Å². The lowest BCUT2D eigenvalue weighted by Crippen LogP contribution is -2.44. The Morgan fingerprint density at radius 2 is 1.91 bits per heavy atom. The van der Waals surface area contributed by atoms with Crippen molar-refractivity contribution >= 4 is 23.4 Å². The van der Waals surface area contributed by atoms with Crippen LogP contribution in [0.15, 0.2) is 59.5 Å². The van der Waals surface area contributed by atoms with E-state index in [1.165, 1.54) is 6.20 Å². The number of aromatic nitrogens is 2. The Morgan fingerprint density at radius 1 is 1.12 bits per heavy atom. The van der Waals surface area contributed by atoms with E-state index in [0.29, 0.717) is 19.1 Å². The summed E-state index contributed by atoms with van der Waals surface area (Å²) in [6, 6.07) is 16.2. The first-order valence-corrected chi connectivity index (χ1v) is 10.8. The molecular weight excluding hydrogens is 424 g/mol. The van der Waals surface area contributed by atoms with Crippen LogP contribution in [0.3, 0.4) is 0 Å². The van der Waals surface area contributed by atoms with E-state index >= 15 is 0 Å². The maximum absolute atomic E-state index is 12.4. The minimum absolute atomic E-state index is 0. The van der Waals surface area contributed by atoms with E-state index in [1.54, 1.807) is 11.7 Å². The molecule has 1 aliphatic rings. The Balaban J connectivity index is 0.00000289. The van der Waals surface area contributed by atoms with E-state index in [4.69, 9.17) is 4.74 Å². The van der Waals surface area contributed by atoms with Gasteiger partial charge in [-0.2, -0.15) is 0 Å². The van der Waals surface area contributed by atoms with Crippen LogP contribution in [-0.4, -0.2) is 53.8 Å². The van der Waals surface area contributed by atoms with Crippen LogP contribution in [0, 0.1) is 11.8 Å². The summed E-state index contributed by atoms with van der Waals surface area (Å²) >= 11 is 0. The van der Waals surface area contributed by atoms with Gasteiger partial charge in [-0.15, -0.1) is 12.4 Å². The average Bonchev–Trinajstić information content (AvgIpc) is 2.82. The van der Waals surface area contributed by atoms with Crippen molar-refractivity contribution in [3.8, 4) is 17.6 Å². The van der Waals surface area contributed by atoms with Gasteiger partial charge in [0.15, 0.2) is 0 Å². The van der Waals surface area contributed by atoms with Crippen molar-refractivity contribution in [2.24, 2.45) is 0 Å². The number of rotatable bonds is 6. The molecule has 3 aromatic rings. The second-order valence-electron chi connectivity index (χ2n) is 7.77. The number of fused-ring (bicyclic) bond motifs is 1. The SMILES string of the molecule is COc1ccc2ncc(=O)n(CCN3CCC(NCC#Cc4ccccc4)CC3)c2c1.Cl. The van der Waals surface area contributed by atoms with Crippen LogP contribution < -0.4 is 15.6 Å². The van der Waals surface area contributed by atoms with Crippen LogP contribution in [0.25, 0.3) is 11.0 Å². The van der Waals surface area contributed by atoms with Crippen molar-refractivity contribution < 1.29 is 4.74 Å². The fraction of sp³-hybridized carbons (Fsp3) is 0.360. The minimum atomic E-state index is -0.0747. The number of likely N-dealkylation sites (tertiary alicyclic amines) is 1. The molecule has 32 heavy (non-hydrogen) atoms. The van der Waals surface area contributed by atoms with Crippen LogP contribution in [-0.2, 0) is 6.54 Å². The van der Waals surface area contributed by atoms with E-state index < -0.39 is 0 Å². The van der Waals surface area contributed by atoms with Gasteiger partial charge in [-0.3, -0.25) is 4.79 Å². The molecule has 0 radical (unpaired) electrons. The van der Waals surface area contributed by atoms with Crippen LogP contribution in [0.5, 0.6) is 5.75 Å². The van der Waals surface area contributed by atoms with Crippen molar-refractivity contribution in [1.82, 2.24) is 19.8 Å². The van der Waals surface area contributed by atoms with Crippen molar-refractivity contribution in [2.75, 3.05) is 33.3 Å². The number of piperidine rings is 1. The Bertz CT molecular complexity index is 1130. The first-order valence-electron chi connectivity index (χ1n) is 10.8. The molecule has 7 heteroatoms. The zero-order chi connectivity index (χ0) is 21.5. The fourth-order valence-electron chi connectivity index (χ4n) is 3.96. The van der Waals surface area contributed by atoms with Crippen molar-refractivity contribution in [3.05, 3.63) is 70.6 Å². The number of ether oxygens (including phenoxy) is 1. The van der Waals surface area contributed by atoms with Crippen LogP contribution >= 0.6 is 12.4 Å². The Morgan fingerprint density at radius 3 is 2.66 bits per heavy atom. The highest BCUT2D eigenvalue weighted by Gasteiger charge is 2.18. The van der Waals surface area contributed by atoms with Crippen molar-refractivity contribution in [1.29, 1.82) is 0 Å². The molecule has 0 atom stereocenters. The second kappa shape index (κ2) is 11.7. The smallest absolute Gasteiger partial charge is 0.269 e. The second-order valence-corrected chi connectivity index (χ2v) is 7.77. The van der Waals surface area contributed by atoms with Gasteiger partial charge in [-0.1, -0.05) is 30.0 Å². The minimum Gasteiger partial charge on any atom is -0.497 e. The monoisotopic (exact) mass is 452 g/mol. The van der Waals surface area contributed by atoms with E-state index in [2.05, 4.69) is 27.0 Å². The molecule has 4 rings (SSSR count). The third-order valence-electron chi connectivity index (χ3n) is 5.77. The topological polar surface area (TPSA) is 59.4 Å². The summed E-state index contributed by atoms with van der Waals surface area (Å²) < 4.78 is 7.12. The maximum atomic E-state index is 12.4. The molecule has 2 aromatic carbocycles. The molecule has 0 saturated carbocycles. The highest BCUT2D eigenvalue weighted by molar-refractivity contribution is 5.85. The summed E-state index contributed by atoms with van der Waals surface area (Å²) in [6.07, 6.45) is 3.58. The largest absolute Gasteiger partial charge is 0.497 e. The van der Waals surface area contributed by atoms with E-state index in [1.807, 2.05) is 48.5 Å². The Hall–Kier alpha value is -2.85. The summed E-state index contributed by atoms with van der Waals surface area (Å²) in [5.74, 6) is 7.13. The molecule has 0 spiro atoms. The lowest BCUT2D eigenvalue weighted by Gasteiger charge is -2.32. The highest BCUT2D eigenvalue weighted by Crippen LogP contribution is 2.18. The van der Waals surface area contributed by atoms with Crippen molar-refractivity contribution in [3.63, 3.8) is 0 Å². The molecular formula is C25H29ClN4O2. The molecule has 0 unspecified atom stereocenters. The van der Waals surface area contributed by atoms with Crippen molar-refractivity contribution in [2.45, 2.75) is 25.4 Å². The zero-order valence-electron chi connectivity index (χ0n) is 18.3. The average molecular weight is 453 g/mol. The third kappa shape index (κ3) is 6.10. The molecule has 0 amide bonds. The third-order valence-corrected chi connectivity index (χ3v) is 5.77. The normalized spacial score (nSPS) is 14.4. The molecule has 2 heterocycles. The maximum Gasteiger partial charge on any atom is 0.269 e. The summed E-state index contributed by atoms with van der Waals surface area (Å²) in [7, 11) is 1.63. The number of nitrogens with one attached hydrogen (secondary N) is 1. The number of nitrogens with zero attached hydrogens (tertiary/aromatic N) is 3. The summed E-state index contributed by atoms with van der Waals surface area (Å²) in [6.45, 7) is 4.23. The number of hydrogen-bond acceptors (Lipinski definition) is 5. The van der Waals surface area contributed by atoms with Gasteiger partial charge in [0.05, 0.1) is 30.9 Å². The number of benzene rings is 2. The molecule has 168 valence electrons. The summed E-state index contributed by atoms with van der Waals surface area (Å²) in [5.41, 5.74) is 2.60. The number of methoxy groups -OCH3 is 1. The van der Waals surface area contributed by atoms with Gasteiger partial charge in [0, 0.05) is 30.8 Å². The predicted octanol–water partition coefficient (Wildman–Crippen LogP) is 2.93. The lowest BCUT2D eigenvalue weighted by atomic mass is 10.1. The van der Waals surface area contributed by atoms with Gasteiger partial charge in [-0.05, 0) is 50.2 Å². The number of hydrogen-bond donors (Lipinski definition) is 1. The summed E-state index contributed by atoms with van der Waals surface area (Å²) in [5, 5.41) is 3.55. The van der Waals surface area contributed by atoms with Crippen LogP contribution in [0.4, 0.5) is 0 Å². The van der Waals surface area contributed by atoms with Gasteiger partial charge in [0.25, 0.3) is 5.56 Å². The van der Waals surface area contributed by atoms with Crippen LogP contribution in [0.2, 0.25) is 0 Å². The summed E-state index contributed by atoms with van der Waals surface area (Å²) in [4.78, 5) is 19.1. The van der Waals surface area contributed by atoms with Gasteiger partial charge < -0.3 is 19.5 Å². The standard InChI is InChI=1S/C25H28N4O2.ClH/c1-31-22-9-10-23-24(18-22)29(25(30)19-27-23)17-16-28-14-11-21(12-15-28)26-13-5-8-20-6-3-2-4-7-20;/h2-4,6-7,9-10,18-19,21,26H,11-17H2,1H3;1H. The number of halogens is 1. The van der Waals surface area contributed by atoms with E-state index in [-0.39, 0.29) is 18.0 Å². The molecule has 1 N–H and O–H groups in total. The Labute approximate surface area is 195 Å². The first kappa shape index (κ1) is 23.8. The molecule has 1 aromatic heterocycles. The van der Waals surface area contributed by atoms with Gasteiger partial charge in [0.2, 0.25) is 0 Å². The zero-order valence-corrected chi connectivity index (χ0v) is 19.1. The van der Waals surface area contributed by atoms with E-state index in [9.17, 15) is 4.79 Å². The lowest BCUT2D eigenvalue weighted by molar-refractivity contribution is 0.194. The predicted molar refractivity (Wildman–Crippen MR) is 131 cm³/mol. The fourth-order valence-corrected chi connectivity index (χ4v) is 3.96. The Kier molecular flexibility index (Phi) is 8.69. The van der Waals surface area contributed by atoms with Gasteiger partial charge in [0.1, 0.15) is 5.75 Å². The molecule has 0 bridgehead atoms. The highest BCUT2D eigenvalue weighted by atomic mass is 35.5. The quantitative estimate of drug-likeness (QED) is 0.583. The molecule has 1 fully saturated rings. The van der Waals surface area contributed by atoms with Gasteiger partial charge >= 0.3 is 0 Å². The molecule has 0 aliphatic carbocycles. The molecule has 6 nitrogen and oxygen atoms in total. The van der Waals surface area contributed by atoms with Gasteiger partial charge in [-0.25, -0.2) is 4.98 Å². The van der Waals surface area contributed by atoms with E-state index in [0.717, 1.165) is 54.8 Å². The molecule has 1 saturated heterocycles. The first-order chi connectivity index (χ1) is 15.2.